The Balaban J connectivity index is 1.21. The first-order chi connectivity index (χ1) is 14.1. The number of rotatable bonds is 7. The summed E-state index contributed by atoms with van der Waals surface area (Å²) in [6, 6.07) is 16.4. The third-order valence-corrected chi connectivity index (χ3v) is 6.00. The van der Waals surface area contributed by atoms with E-state index >= 15 is 0 Å². The molecule has 0 unspecified atom stereocenters. The number of amides is 1. The molecule has 1 amide bonds. The molecular weight excluding hydrogens is 386 g/mol. The van der Waals surface area contributed by atoms with Gasteiger partial charge in [-0.25, -0.2) is 0 Å². The van der Waals surface area contributed by atoms with Gasteiger partial charge < -0.3 is 19.9 Å². The first kappa shape index (κ1) is 20.2. The monoisotopic (exact) mass is 413 g/mol. The summed E-state index contributed by atoms with van der Waals surface area (Å²) in [5.41, 5.74) is 2.35. The number of likely N-dealkylation sites (N-methyl/N-ethyl adjacent to an activating group) is 1. The van der Waals surface area contributed by atoms with E-state index in [1.807, 2.05) is 41.3 Å². The quantitative estimate of drug-likeness (QED) is 0.757. The van der Waals surface area contributed by atoms with Crippen LogP contribution in [0.4, 0.5) is 0 Å². The van der Waals surface area contributed by atoms with Crippen LogP contribution < -0.4 is 10.1 Å². The van der Waals surface area contributed by atoms with Crippen LogP contribution >= 0.6 is 11.6 Å². The largest absolute Gasteiger partial charge is 0.489 e. The van der Waals surface area contributed by atoms with E-state index in [2.05, 4.69) is 29.4 Å². The molecule has 2 aliphatic rings. The average Bonchev–Trinajstić information content (AvgIpc) is 3.51. The van der Waals surface area contributed by atoms with Crippen molar-refractivity contribution in [3.05, 3.63) is 64.7 Å². The number of benzene rings is 2. The molecule has 2 aromatic rings. The number of hydrogen-bond acceptors (Lipinski definition) is 4. The van der Waals surface area contributed by atoms with Crippen molar-refractivity contribution in [2.75, 3.05) is 39.8 Å². The normalized spacial score (nSPS) is 21.8. The van der Waals surface area contributed by atoms with Crippen molar-refractivity contribution in [3.63, 3.8) is 0 Å². The highest BCUT2D eigenvalue weighted by molar-refractivity contribution is 6.30. The van der Waals surface area contributed by atoms with Gasteiger partial charge in [0, 0.05) is 43.2 Å². The highest BCUT2D eigenvalue weighted by Crippen LogP contribution is 2.41. The summed E-state index contributed by atoms with van der Waals surface area (Å²) >= 11 is 6.01. The van der Waals surface area contributed by atoms with E-state index in [1.165, 1.54) is 5.56 Å². The molecule has 154 valence electrons. The van der Waals surface area contributed by atoms with Gasteiger partial charge >= 0.3 is 0 Å². The zero-order valence-corrected chi connectivity index (χ0v) is 17.6. The number of nitrogens with one attached hydrogen (secondary N) is 1. The zero-order chi connectivity index (χ0) is 20.2. The maximum absolute atomic E-state index is 12.4. The lowest BCUT2D eigenvalue weighted by Gasteiger charge is -2.32. The maximum Gasteiger partial charge on any atom is 0.236 e. The predicted octanol–water partition coefficient (Wildman–Crippen LogP) is 3.14. The first-order valence-corrected chi connectivity index (χ1v) is 10.6. The third-order valence-electron chi connectivity index (χ3n) is 5.76. The minimum atomic E-state index is 0.216. The minimum Gasteiger partial charge on any atom is -0.489 e. The molecule has 4 rings (SSSR count). The highest BCUT2D eigenvalue weighted by atomic mass is 35.5. The van der Waals surface area contributed by atoms with Crippen LogP contribution in [0.2, 0.25) is 5.02 Å². The predicted molar refractivity (Wildman–Crippen MR) is 115 cm³/mol. The summed E-state index contributed by atoms with van der Waals surface area (Å²) in [7, 11) is 2.10. The van der Waals surface area contributed by atoms with E-state index in [-0.39, 0.29) is 5.91 Å². The smallest absolute Gasteiger partial charge is 0.236 e. The summed E-state index contributed by atoms with van der Waals surface area (Å²) in [5.74, 6) is 1.55. The number of piperazine rings is 1. The molecule has 1 saturated carbocycles. The van der Waals surface area contributed by atoms with E-state index in [4.69, 9.17) is 16.3 Å². The van der Waals surface area contributed by atoms with Gasteiger partial charge in [0.25, 0.3) is 0 Å². The van der Waals surface area contributed by atoms with Crippen molar-refractivity contribution in [3.8, 4) is 5.75 Å². The highest BCUT2D eigenvalue weighted by Gasteiger charge is 2.38. The summed E-state index contributed by atoms with van der Waals surface area (Å²) in [5, 5.41) is 4.15. The van der Waals surface area contributed by atoms with E-state index in [9.17, 15) is 4.79 Å². The lowest BCUT2D eigenvalue weighted by Crippen LogP contribution is -2.49. The van der Waals surface area contributed by atoms with Gasteiger partial charge in [-0.2, -0.15) is 0 Å². The summed E-state index contributed by atoms with van der Waals surface area (Å²) in [6.07, 6.45) is 1.08. The Morgan fingerprint density at radius 1 is 1.14 bits per heavy atom. The van der Waals surface area contributed by atoms with Gasteiger partial charge in [-0.05, 0) is 48.9 Å². The van der Waals surface area contributed by atoms with Gasteiger partial charge in [-0.15, -0.1) is 0 Å². The molecular formula is C23H28ClN3O2. The lowest BCUT2D eigenvalue weighted by atomic mass is 10.1. The molecule has 0 bridgehead atoms. The zero-order valence-electron chi connectivity index (χ0n) is 16.8. The van der Waals surface area contributed by atoms with Gasteiger partial charge in [0.2, 0.25) is 5.91 Å². The third kappa shape index (κ3) is 5.50. The molecule has 6 heteroatoms. The Bertz CT molecular complexity index is 834. The molecule has 1 aliphatic heterocycles. The summed E-state index contributed by atoms with van der Waals surface area (Å²) in [6.45, 7) is 4.53. The van der Waals surface area contributed by atoms with Crippen molar-refractivity contribution >= 4 is 17.5 Å². The first-order valence-electron chi connectivity index (χ1n) is 10.3. The second kappa shape index (κ2) is 9.16. The van der Waals surface area contributed by atoms with Crippen LogP contribution in [0.1, 0.15) is 23.5 Å². The number of nitrogens with zero attached hydrogens (tertiary/aromatic N) is 2. The van der Waals surface area contributed by atoms with Crippen LogP contribution in [-0.2, 0) is 11.4 Å². The summed E-state index contributed by atoms with van der Waals surface area (Å²) in [4.78, 5) is 16.6. The van der Waals surface area contributed by atoms with E-state index in [1.54, 1.807) is 0 Å². The van der Waals surface area contributed by atoms with Gasteiger partial charge in [0.15, 0.2) is 0 Å². The van der Waals surface area contributed by atoms with Crippen molar-refractivity contribution < 1.29 is 9.53 Å². The molecule has 2 fully saturated rings. The number of carbonyl (C=O) groups is 1. The standard InChI is InChI=1S/C23H28ClN3O2/c1-26-9-11-27(12-10-26)23(28)15-25-22-14-21(22)18-5-7-20(8-6-18)29-16-17-3-2-4-19(24)13-17/h2-8,13,21-22,25H,9-12,14-16H2,1H3/t21-,22+/m1/s1. The fourth-order valence-corrected chi connectivity index (χ4v) is 3.99. The molecule has 0 spiro atoms. The van der Waals surface area contributed by atoms with Crippen LogP contribution in [0.5, 0.6) is 5.75 Å². The Labute approximate surface area is 177 Å². The Morgan fingerprint density at radius 3 is 2.62 bits per heavy atom. The van der Waals surface area contributed by atoms with Gasteiger partial charge in [0.05, 0.1) is 6.54 Å². The molecule has 5 nitrogen and oxygen atoms in total. The van der Waals surface area contributed by atoms with Gasteiger partial charge in [-0.3, -0.25) is 4.79 Å². The van der Waals surface area contributed by atoms with Crippen molar-refractivity contribution in [2.24, 2.45) is 0 Å². The number of carbonyl (C=O) groups excluding carboxylic acids is 1. The summed E-state index contributed by atoms with van der Waals surface area (Å²) < 4.78 is 5.85. The average molecular weight is 414 g/mol. The van der Waals surface area contributed by atoms with E-state index in [0.717, 1.165) is 48.9 Å². The van der Waals surface area contributed by atoms with Crippen molar-refractivity contribution in [1.82, 2.24) is 15.1 Å². The van der Waals surface area contributed by atoms with Gasteiger partial charge in [0.1, 0.15) is 12.4 Å². The van der Waals surface area contributed by atoms with Crippen LogP contribution in [0.15, 0.2) is 48.5 Å². The number of hydrogen-bond donors (Lipinski definition) is 1. The molecule has 2 aromatic carbocycles. The molecule has 29 heavy (non-hydrogen) atoms. The minimum absolute atomic E-state index is 0.216. The fraction of sp³-hybridized carbons (Fsp3) is 0.435. The Kier molecular flexibility index (Phi) is 6.38. The van der Waals surface area contributed by atoms with Crippen LogP contribution in [0.25, 0.3) is 0 Å². The molecule has 2 atom stereocenters. The van der Waals surface area contributed by atoms with Crippen LogP contribution in [-0.4, -0.2) is 61.5 Å². The molecule has 1 N–H and O–H groups in total. The Morgan fingerprint density at radius 2 is 1.90 bits per heavy atom. The van der Waals surface area contributed by atoms with Crippen molar-refractivity contribution in [1.29, 1.82) is 0 Å². The van der Waals surface area contributed by atoms with E-state index < -0.39 is 0 Å². The van der Waals surface area contributed by atoms with Crippen LogP contribution in [0, 0.1) is 0 Å². The topological polar surface area (TPSA) is 44.8 Å². The second-order valence-corrected chi connectivity index (χ2v) is 8.44. The van der Waals surface area contributed by atoms with E-state index in [0.29, 0.717) is 25.1 Å². The molecule has 1 aliphatic carbocycles. The molecule has 0 radical (unpaired) electrons. The SMILES string of the molecule is CN1CCN(C(=O)CN[C@H]2C[C@@H]2c2ccc(OCc3cccc(Cl)c3)cc2)CC1. The van der Waals surface area contributed by atoms with Crippen LogP contribution in [0.3, 0.4) is 0 Å². The lowest BCUT2D eigenvalue weighted by molar-refractivity contribution is -0.131. The molecule has 1 heterocycles. The second-order valence-electron chi connectivity index (χ2n) is 8.00. The molecule has 1 saturated heterocycles. The van der Waals surface area contributed by atoms with Gasteiger partial charge in [-0.1, -0.05) is 35.9 Å². The Hall–Kier alpha value is -2.08. The maximum atomic E-state index is 12.4. The number of ether oxygens (including phenoxy) is 1. The van der Waals surface area contributed by atoms with Crippen molar-refractivity contribution in [2.45, 2.75) is 25.0 Å². The number of halogens is 1. The fourth-order valence-electron chi connectivity index (χ4n) is 3.78. The molecule has 0 aromatic heterocycles.